The monoisotopic (exact) mass is 416 g/mol. The number of rotatable bonds is 6. The van der Waals surface area contributed by atoms with Gasteiger partial charge >= 0.3 is 6.36 Å². The Kier molecular flexibility index (Phi) is 6.25. The first kappa shape index (κ1) is 20.2. The Hall–Kier alpha value is -2.52. The molecule has 2 heterocycles. The van der Waals surface area contributed by atoms with Crippen molar-refractivity contribution in [1.29, 1.82) is 0 Å². The van der Waals surface area contributed by atoms with Crippen molar-refractivity contribution in [3.8, 4) is 11.6 Å². The number of carbonyl (C=O) groups is 1. The van der Waals surface area contributed by atoms with Gasteiger partial charge in [0.25, 0.3) is 5.91 Å². The van der Waals surface area contributed by atoms with Crippen LogP contribution in [0.15, 0.2) is 36.5 Å². The van der Waals surface area contributed by atoms with Crippen LogP contribution in [-0.4, -0.2) is 36.6 Å². The van der Waals surface area contributed by atoms with Crippen molar-refractivity contribution in [2.24, 2.45) is 0 Å². The number of amides is 1. The summed E-state index contributed by atoms with van der Waals surface area (Å²) < 4.78 is 51.1. The molecule has 0 radical (unpaired) electrons. The molecule has 1 aromatic carbocycles. The van der Waals surface area contributed by atoms with Crippen molar-refractivity contribution in [1.82, 2.24) is 10.3 Å². The molecule has 0 saturated carbocycles. The van der Waals surface area contributed by atoms with Crippen molar-refractivity contribution in [3.63, 3.8) is 0 Å². The normalized spacial score (nSPS) is 16.6. The summed E-state index contributed by atoms with van der Waals surface area (Å²) in [5.74, 6) is -0.531. The zero-order valence-electron chi connectivity index (χ0n) is 14.5. The number of nitrogens with zero attached hydrogens (tertiary/aromatic N) is 1. The number of alkyl halides is 3. The molecule has 1 aliphatic rings. The summed E-state index contributed by atoms with van der Waals surface area (Å²) in [6, 6.07) is 6.63. The number of ether oxygens (including phenoxy) is 3. The van der Waals surface area contributed by atoms with Crippen LogP contribution in [0.5, 0.6) is 11.6 Å². The molecular formula is C18H16ClF3N2O4. The fraction of sp³-hybridized carbons (Fsp3) is 0.333. The molecule has 1 saturated heterocycles. The summed E-state index contributed by atoms with van der Waals surface area (Å²) in [6.45, 7) is 1.19. The Morgan fingerprint density at radius 2 is 2.07 bits per heavy atom. The van der Waals surface area contributed by atoms with E-state index in [0.717, 1.165) is 6.42 Å². The van der Waals surface area contributed by atoms with Gasteiger partial charge in [-0.1, -0.05) is 23.7 Å². The fourth-order valence-corrected chi connectivity index (χ4v) is 2.70. The third-order valence-corrected chi connectivity index (χ3v) is 4.12. The van der Waals surface area contributed by atoms with Gasteiger partial charge in [-0.05, 0) is 23.8 Å². The van der Waals surface area contributed by atoms with Crippen molar-refractivity contribution in [2.45, 2.75) is 25.4 Å². The van der Waals surface area contributed by atoms with Gasteiger partial charge in [0.1, 0.15) is 16.9 Å². The third kappa shape index (κ3) is 5.74. The van der Waals surface area contributed by atoms with Gasteiger partial charge in [-0.25, -0.2) is 4.98 Å². The van der Waals surface area contributed by atoms with E-state index in [0.29, 0.717) is 18.8 Å². The van der Waals surface area contributed by atoms with Gasteiger partial charge in [-0.2, -0.15) is 0 Å². The van der Waals surface area contributed by atoms with E-state index in [1.165, 1.54) is 36.5 Å². The Morgan fingerprint density at radius 1 is 1.32 bits per heavy atom. The van der Waals surface area contributed by atoms with Crippen LogP contribution in [0, 0.1) is 0 Å². The highest BCUT2D eigenvalue weighted by Gasteiger charge is 2.30. The van der Waals surface area contributed by atoms with Crippen LogP contribution in [0.25, 0.3) is 0 Å². The molecule has 6 nitrogen and oxygen atoms in total. The summed E-state index contributed by atoms with van der Waals surface area (Å²) in [5, 5.41) is 2.84. The van der Waals surface area contributed by atoms with E-state index in [1.54, 1.807) is 0 Å². The molecule has 28 heavy (non-hydrogen) atoms. The van der Waals surface area contributed by atoms with E-state index in [-0.39, 0.29) is 34.9 Å². The van der Waals surface area contributed by atoms with Crippen LogP contribution in [-0.2, 0) is 11.3 Å². The Balaban J connectivity index is 1.55. The summed E-state index contributed by atoms with van der Waals surface area (Å²) in [5.41, 5.74) is 0.833. The number of pyridine rings is 1. The Bertz CT molecular complexity index is 825. The first-order valence-electron chi connectivity index (χ1n) is 8.33. The molecule has 1 aliphatic heterocycles. The molecule has 150 valence electrons. The topological polar surface area (TPSA) is 69.7 Å². The zero-order chi connectivity index (χ0) is 20.1. The lowest BCUT2D eigenvalue weighted by atomic mass is 10.2. The average molecular weight is 417 g/mol. The fourth-order valence-electron chi connectivity index (χ4n) is 2.49. The van der Waals surface area contributed by atoms with Gasteiger partial charge in [0, 0.05) is 19.2 Å². The third-order valence-electron chi connectivity index (χ3n) is 3.85. The van der Waals surface area contributed by atoms with Crippen molar-refractivity contribution in [2.75, 3.05) is 13.2 Å². The first-order chi connectivity index (χ1) is 13.3. The minimum Gasteiger partial charge on any atom is -0.471 e. The first-order valence-corrected chi connectivity index (χ1v) is 8.71. The van der Waals surface area contributed by atoms with Gasteiger partial charge in [-0.15, -0.1) is 13.2 Å². The van der Waals surface area contributed by atoms with E-state index in [2.05, 4.69) is 15.0 Å². The molecule has 1 amide bonds. The van der Waals surface area contributed by atoms with Crippen LogP contribution >= 0.6 is 11.6 Å². The van der Waals surface area contributed by atoms with E-state index < -0.39 is 12.3 Å². The molecule has 1 N–H and O–H groups in total. The molecule has 1 unspecified atom stereocenters. The van der Waals surface area contributed by atoms with E-state index in [9.17, 15) is 18.0 Å². The van der Waals surface area contributed by atoms with Crippen LogP contribution in [0.4, 0.5) is 13.2 Å². The van der Waals surface area contributed by atoms with Gasteiger partial charge in [0.05, 0.1) is 18.8 Å². The zero-order valence-corrected chi connectivity index (χ0v) is 15.2. The Labute approximate surface area is 163 Å². The predicted molar refractivity (Wildman–Crippen MR) is 93.4 cm³/mol. The number of benzene rings is 1. The summed E-state index contributed by atoms with van der Waals surface area (Å²) >= 11 is 6.13. The highest BCUT2D eigenvalue weighted by Crippen LogP contribution is 2.25. The largest absolute Gasteiger partial charge is 0.573 e. The maximum Gasteiger partial charge on any atom is 0.573 e. The SMILES string of the molecule is O=C(NCc1ccc(OC(F)(F)F)cc1)c1cnc(OC2CCOC2)c(Cl)c1. The minimum atomic E-state index is -4.75. The molecule has 0 spiro atoms. The number of carbonyl (C=O) groups excluding carboxylic acids is 1. The Morgan fingerprint density at radius 3 is 2.68 bits per heavy atom. The second-order valence-corrected chi connectivity index (χ2v) is 6.40. The number of hydrogen-bond donors (Lipinski definition) is 1. The van der Waals surface area contributed by atoms with Gasteiger partial charge in [0.15, 0.2) is 0 Å². The molecule has 0 aliphatic carbocycles. The van der Waals surface area contributed by atoms with Crippen LogP contribution in [0.3, 0.4) is 0 Å². The van der Waals surface area contributed by atoms with Crippen LogP contribution in [0.2, 0.25) is 5.02 Å². The second-order valence-electron chi connectivity index (χ2n) is 5.99. The van der Waals surface area contributed by atoms with E-state index in [4.69, 9.17) is 21.1 Å². The molecule has 2 aromatic rings. The number of hydrogen-bond acceptors (Lipinski definition) is 5. The van der Waals surface area contributed by atoms with Gasteiger partial charge in [-0.3, -0.25) is 4.79 Å². The molecule has 3 rings (SSSR count). The molecule has 10 heteroatoms. The summed E-state index contributed by atoms with van der Waals surface area (Å²) in [6.07, 6.45) is -2.78. The maximum absolute atomic E-state index is 12.2. The number of halogens is 4. The van der Waals surface area contributed by atoms with Crippen molar-refractivity contribution >= 4 is 17.5 Å². The van der Waals surface area contributed by atoms with E-state index in [1.807, 2.05) is 0 Å². The van der Waals surface area contributed by atoms with Gasteiger partial charge in [0.2, 0.25) is 5.88 Å². The van der Waals surface area contributed by atoms with Crippen molar-refractivity contribution < 1.29 is 32.2 Å². The standard InChI is InChI=1S/C18H16ClF3N2O4/c19-15-7-12(9-24-17(15)27-14-5-6-26-10-14)16(25)23-8-11-1-3-13(4-2-11)28-18(20,21)22/h1-4,7,9,14H,5-6,8,10H2,(H,23,25). The average Bonchev–Trinajstić information content (AvgIpc) is 3.14. The molecule has 1 atom stereocenters. The number of nitrogens with one attached hydrogen (secondary N) is 1. The summed E-state index contributed by atoms with van der Waals surface area (Å²) in [7, 11) is 0. The van der Waals surface area contributed by atoms with Crippen LogP contribution < -0.4 is 14.8 Å². The summed E-state index contributed by atoms with van der Waals surface area (Å²) in [4.78, 5) is 16.3. The predicted octanol–water partition coefficient (Wildman–Crippen LogP) is 3.73. The smallest absolute Gasteiger partial charge is 0.471 e. The maximum atomic E-state index is 12.2. The van der Waals surface area contributed by atoms with Crippen LogP contribution in [0.1, 0.15) is 22.3 Å². The highest BCUT2D eigenvalue weighted by atomic mass is 35.5. The number of aromatic nitrogens is 1. The van der Waals surface area contributed by atoms with Gasteiger partial charge < -0.3 is 19.5 Å². The van der Waals surface area contributed by atoms with Crippen molar-refractivity contribution in [3.05, 3.63) is 52.7 Å². The lowest BCUT2D eigenvalue weighted by Crippen LogP contribution is -2.23. The van der Waals surface area contributed by atoms with E-state index >= 15 is 0 Å². The second kappa shape index (κ2) is 8.66. The molecule has 0 bridgehead atoms. The quantitative estimate of drug-likeness (QED) is 0.777. The lowest BCUT2D eigenvalue weighted by molar-refractivity contribution is -0.274. The molecule has 1 aromatic heterocycles. The highest BCUT2D eigenvalue weighted by molar-refractivity contribution is 6.32. The molecular weight excluding hydrogens is 401 g/mol. The minimum absolute atomic E-state index is 0.112. The lowest BCUT2D eigenvalue weighted by Gasteiger charge is -2.13. The molecule has 1 fully saturated rings.